The molecule has 0 spiro atoms. The molecule has 1 N–H and O–H groups in total. The fourth-order valence-corrected chi connectivity index (χ4v) is 1.94. The van der Waals surface area contributed by atoms with Gasteiger partial charge in [0.25, 0.3) is 0 Å². The highest BCUT2D eigenvalue weighted by atomic mass is 127. The summed E-state index contributed by atoms with van der Waals surface area (Å²) < 4.78 is 5.15. The lowest BCUT2D eigenvalue weighted by Crippen LogP contribution is -2.31. The number of ether oxygens (including phenoxy) is 1. The fraction of sp³-hybridized carbons (Fsp3) is 0.308. The Hall–Kier alpha value is -0.170. The third kappa shape index (κ3) is 7.57. The molecule has 0 aliphatic rings. The zero-order valence-corrected chi connectivity index (χ0v) is 14.8. The number of amides is 1. The lowest BCUT2D eigenvalue weighted by Gasteiger charge is -2.18. The number of rotatable bonds is 5. The van der Waals surface area contributed by atoms with Gasteiger partial charge in [-0.3, -0.25) is 0 Å². The number of halogens is 4. The monoisotopic (exact) mass is 447 g/mol. The quantitative estimate of drug-likeness (QED) is 0.499. The second-order valence-corrected chi connectivity index (χ2v) is 7.13. The number of hydrogen-bond donors (Lipinski definition) is 1. The van der Waals surface area contributed by atoms with Crippen LogP contribution in [0.3, 0.4) is 0 Å². The van der Waals surface area contributed by atoms with Crippen molar-refractivity contribution in [2.24, 2.45) is 0 Å². The second kappa shape index (κ2) is 8.97. The summed E-state index contributed by atoms with van der Waals surface area (Å²) in [5.41, 5.74) is 0.979. The van der Waals surface area contributed by atoms with Gasteiger partial charge in [-0.15, -0.1) is 0 Å². The SMILES string of the molecule is O=C(N[C@@H](C/C=C\I)c1ccccc1)OCC(Cl)(Cl)Cl. The summed E-state index contributed by atoms with van der Waals surface area (Å²) in [5.74, 6) is 0. The highest BCUT2D eigenvalue weighted by molar-refractivity contribution is 14.1. The van der Waals surface area contributed by atoms with E-state index in [1.807, 2.05) is 40.5 Å². The highest BCUT2D eigenvalue weighted by Gasteiger charge is 2.23. The summed E-state index contributed by atoms with van der Waals surface area (Å²) >= 11 is 18.7. The van der Waals surface area contributed by atoms with E-state index < -0.39 is 9.89 Å². The first-order valence-corrected chi connectivity index (χ1v) is 8.10. The van der Waals surface area contributed by atoms with Crippen molar-refractivity contribution in [3.63, 3.8) is 0 Å². The molecule has 1 atom stereocenters. The minimum absolute atomic E-state index is 0.190. The van der Waals surface area contributed by atoms with Crippen molar-refractivity contribution < 1.29 is 9.53 Å². The molecule has 0 fully saturated rings. The molecule has 0 saturated heterocycles. The van der Waals surface area contributed by atoms with Gasteiger partial charge in [-0.1, -0.05) is 93.8 Å². The smallest absolute Gasteiger partial charge is 0.407 e. The summed E-state index contributed by atoms with van der Waals surface area (Å²) in [4.78, 5) is 11.7. The molecular formula is C13H13Cl3INO2. The normalized spacial score (nSPS) is 13.2. The lowest BCUT2D eigenvalue weighted by molar-refractivity contribution is 0.144. The highest BCUT2D eigenvalue weighted by Crippen LogP contribution is 2.26. The molecular weight excluding hydrogens is 435 g/mol. The van der Waals surface area contributed by atoms with E-state index in [1.54, 1.807) is 0 Å². The molecule has 0 unspecified atom stereocenters. The van der Waals surface area contributed by atoms with Crippen LogP contribution in [0.25, 0.3) is 0 Å². The van der Waals surface area contributed by atoms with E-state index in [1.165, 1.54) is 0 Å². The molecule has 0 bridgehead atoms. The first-order valence-electron chi connectivity index (χ1n) is 5.72. The van der Waals surface area contributed by atoms with Gasteiger partial charge < -0.3 is 10.1 Å². The Labute approximate surface area is 146 Å². The second-order valence-electron chi connectivity index (χ2n) is 3.90. The van der Waals surface area contributed by atoms with Crippen LogP contribution in [-0.2, 0) is 4.74 Å². The van der Waals surface area contributed by atoms with Crippen molar-refractivity contribution in [3.8, 4) is 0 Å². The Kier molecular flexibility index (Phi) is 8.02. The summed E-state index contributed by atoms with van der Waals surface area (Å²) in [6.07, 6.45) is 1.98. The number of carbonyl (C=O) groups excluding carboxylic acids is 1. The third-order valence-corrected chi connectivity index (χ3v) is 3.16. The number of carbonyl (C=O) groups is 1. The molecule has 0 aliphatic heterocycles. The zero-order chi connectivity index (χ0) is 15.0. The molecule has 1 rings (SSSR count). The van der Waals surface area contributed by atoms with Gasteiger partial charge in [0, 0.05) is 0 Å². The minimum Gasteiger partial charge on any atom is -0.445 e. The zero-order valence-electron chi connectivity index (χ0n) is 10.4. The Balaban J connectivity index is 2.63. The summed E-state index contributed by atoms with van der Waals surface area (Å²) in [7, 11) is 0. The summed E-state index contributed by atoms with van der Waals surface area (Å²) in [6, 6.07) is 9.40. The predicted molar refractivity (Wildman–Crippen MR) is 91.7 cm³/mol. The van der Waals surface area contributed by atoms with E-state index in [9.17, 15) is 4.79 Å². The van der Waals surface area contributed by atoms with Crippen LogP contribution in [0.4, 0.5) is 4.79 Å². The van der Waals surface area contributed by atoms with E-state index in [-0.39, 0.29) is 12.6 Å². The van der Waals surface area contributed by atoms with Crippen molar-refractivity contribution in [2.45, 2.75) is 16.3 Å². The van der Waals surface area contributed by atoms with Crippen molar-refractivity contribution in [1.29, 1.82) is 0 Å². The van der Waals surface area contributed by atoms with E-state index in [0.29, 0.717) is 6.42 Å². The Bertz CT molecular complexity index is 449. The molecule has 3 nitrogen and oxygen atoms in total. The molecule has 0 radical (unpaired) electrons. The van der Waals surface area contributed by atoms with Crippen LogP contribution < -0.4 is 5.32 Å². The topological polar surface area (TPSA) is 38.3 Å². The summed E-state index contributed by atoms with van der Waals surface area (Å²) in [6.45, 7) is -0.298. The van der Waals surface area contributed by atoms with E-state index >= 15 is 0 Å². The number of nitrogens with one attached hydrogen (secondary N) is 1. The van der Waals surface area contributed by atoms with Gasteiger partial charge >= 0.3 is 6.09 Å². The first kappa shape index (κ1) is 17.9. The minimum atomic E-state index is -1.61. The number of benzene rings is 1. The molecule has 0 aliphatic carbocycles. The first-order chi connectivity index (χ1) is 9.42. The van der Waals surface area contributed by atoms with Gasteiger partial charge in [-0.2, -0.15) is 0 Å². The average molecular weight is 449 g/mol. The van der Waals surface area contributed by atoms with Crippen LogP contribution in [0.5, 0.6) is 0 Å². The molecule has 20 heavy (non-hydrogen) atoms. The average Bonchev–Trinajstić information content (AvgIpc) is 2.41. The van der Waals surface area contributed by atoms with E-state index in [2.05, 4.69) is 27.9 Å². The molecule has 0 saturated carbocycles. The van der Waals surface area contributed by atoms with Gasteiger partial charge in [0.05, 0.1) is 6.04 Å². The molecule has 7 heteroatoms. The van der Waals surface area contributed by atoms with Gasteiger partial charge in [0.15, 0.2) is 0 Å². The predicted octanol–water partition coefficient (Wildman–Crippen LogP) is 5.16. The van der Waals surface area contributed by atoms with Crippen LogP contribution in [0.15, 0.2) is 40.5 Å². The Morgan fingerprint density at radius 2 is 2.00 bits per heavy atom. The van der Waals surface area contributed by atoms with E-state index in [4.69, 9.17) is 39.5 Å². The van der Waals surface area contributed by atoms with Crippen LogP contribution in [-0.4, -0.2) is 16.5 Å². The maximum Gasteiger partial charge on any atom is 0.407 e. The van der Waals surface area contributed by atoms with Crippen LogP contribution >= 0.6 is 57.4 Å². The number of alkyl halides is 3. The van der Waals surface area contributed by atoms with Crippen LogP contribution in [0, 0.1) is 0 Å². The molecule has 0 heterocycles. The molecule has 1 aromatic rings. The van der Waals surface area contributed by atoms with Gasteiger partial charge in [-0.05, 0) is 16.1 Å². The number of alkyl carbamates (subject to hydrolysis) is 1. The third-order valence-electron chi connectivity index (χ3n) is 2.32. The maximum atomic E-state index is 11.7. The van der Waals surface area contributed by atoms with Crippen molar-refractivity contribution in [3.05, 3.63) is 46.1 Å². The lowest BCUT2D eigenvalue weighted by atomic mass is 10.0. The Morgan fingerprint density at radius 3 is 2.55 bits per heavy atom. The maximum absolute atomic E-state index is 11.7. The van der Waals surface area contributed by atoms with Gasteiger partial charge in [0.2, 0.25) is 3.79 Å². The molecule has 110 valence electrons. The Morgan fingerprint density at radius 1 is 1.35 bits per heavy atom. The van der Waals surface area contributed by atoms with Crippen molar-refractivity contribution >= 4 is 63.5 Å². The van der Waals surface area contributed by atoms with Crippen LogP contribution in [0.2, 0.25) is 0 Å². The molecule has 1 aromatic carbocycles. The molecule has 0 aromatic heterocycles. The summed E-state index contributed by atoms with van der Waals surface area (Å²) in [5, 5.41) is 2.75. The van der Waals surface area contributed by atoms with Crippen LogP contribution in [0.1, 0.15) is 18.0 Å². The van der Waals surface area contributed by atoms with Crippen molar-refractivity contribution in [2.75, 3.05) is 6.61 Å². The van der Waals surface area contributed by atoms with Gasteiger partial charge in [-0.25, -0.2) is 4.79 Å². The van der Waals surface area contributed by atoms with Crippen molar-refractivity contribution in [1.82, 2.24) is 5.32 Å². The standard InChI is InChI=1S/C13H13Cl3INO2/c14-13(15,16)9-20-12(19)18-11(7-4-8-17)10-5-2-1-3-6-10/h1-6,8,11H,7,9H2,(H,18,19)/b8-4-/t11-/m0/s1. The van der Waals surface area contributed by atoms with E-state index in [0.717, 1.165) is 5.56 Å². The number of hydrogen-bond acceptors (Lipinski definition) is 2. The molecule has 1 amide bonds. The fourth-order valence-electron chi connectivity index (χ4n) is 1.48. The largest absolute Gasteiger partial charge is 0.445 e. The van der Waals surface area contributed by atoms with Gasteiger partial charge in [0.1, 0.15) is 6.61 Å².